The molecule has 2 N–H and O–H groups in total. The second-order valence-corrected chi connectivity index (χ2v) is 8.95. The molecule has 0 aromatic heterocycles. The van der Waals surface area contributed by atoms with Crippen molar-refractivity contribution < 1.29 is 24.2 Å². The summed E-state index contributed by atoms with van der Waals surface area (Å²) in [7, 11) is 0. The SMILES string of the molecule is O=C(NC(Cc1ccc(OCc2ccccc2)cc1)C(=O)O)c1ccc(OCCCc2ccccc2)cc1. The van der Waals surface area contributed by atoms with Crippen molar-refractivity contribution in [1.29, 1.82) is 0 Å². The predicted octanol–water partition coefficient (Wildman–Crippen LogP) is 5.70. The van der Waals surface area contributed by atoms with Crippen LogP contribution in [0.15, 0.2) is 109 Å². The van der Waals surface area contributed by atoms with Crippen LogP contribution in [0.4, 0.5) is 0 Å². The fourth-order valence-electron chi connectivity index (χ4n) is 3.95. The van der Waals surface area contributed by atoms with E-state index in [1.54, 1.807) is 36.4 Å². The minimum absolute atomic E-state index is 0.155. The molecule has 0 aliphatic rings. The highest BCUT2D eigenvalue weighted by Gasteiger charge is 2.21. The van der Waals surface area contributed by atoms with Gasteiger partial charge in [-0.3, -0.25) is 4.79 Å². The first-order valence-corrected chi connectivity index (χ1v) is 12.6. The minimum atomic E-state index is -1.10. The molecule has 0 fully saturated rings. The molecule has 0 heterocycles. The smallest absolute Gasteiger partial charge is 0.326 e. The number of benzene rings is 4. The van der Waals surface area contributed by atoms with Gasteiger partial charge in [0.1, 0.15) is 24.1 Å². The van der Waals surface area contributed by atoms with E-state index < -0.39 is 17.9 Å². The van der Waals surface area contributed by atoms with E-state index in [0.717, 1.165) is 24.0 Å². The normalized spacial score (nSPS) is 11.4. The second kappa shape index (κ2) is 13.7. The molecule has 4 rings (SSSR count). The molecule has 1 atom stereocenters. The van der Waals surface area contributed by atoms with Crippen LogP contribution in [-0.4, -0.2) is 29.6 Å². The topological polar surface area (TPSA) is 84.9 Å². The van der Waals surface area contributed by atoms with Crippen molar-refractivity contribution in [3.63, 3.8) is 0 Å². The van der Waals surface area contributed by atoms with Gasteiger partial charge in [-0.25, -0.2) is 4.79 Å². The van der Waals surface area contributed by atoms with Crippen molar-refractivity contribution in [3.05, 3.63) is 131 Å². The highest BCUT2D eigenvalue weighted by Crippen LogP contribution is 2.17. The van der Waals surface area contributed by atoms with Crippen LogP contribution in [-0.2, 0) is 24.2 Å². The number of amides is 1. The van der Waals surface area contributed by atoms with Gasteiger partial charge in [-0.2, -0.15) is 0 Å². The van der Waals surface area contributed by atoms with Gasteiger partial charge in [0, 0.05) is 12.0 Å². The maximum atomic E-state index is 12.7. The second-order valence-electron chi connectivity index (χ2n) is 8.95. The van der Waals surface area contributed by atoms with E-state index in [4.69, 9.17) is 9.47 Å². The number of rotatable bonds is 13. The Morgan fingerprint density at radius 3 is 1.89 bits per heavy atom. The van der Waals surface area contributed by atoms with Gasteiger partial charge >= 0.3 is 5.97 Å². The lowest BCUT2D eigenvalue weighted by Gasteiger charge is -2.15. The van der Waals surface area contributed by atoms with Gasteiger partial charge in [0.15, 0.2) is 0 Å². The monoisotopic (exact) mass is 509 g/mol. The van der Waals surface area contributed by atoms with E-state index in [0.29, 0.717) is 30.3 Å². The van der Waals surface area contributed by atoms with Gasteiger partial charge in [0.2, 0.25) is 0 Å². The summed E-state index contributed by atoms with van der Waals surface area (Å²) < 4.78 is 11.6. The fourth-order valence-corrected chi connectivity index (χ4v) is 3.95. The van der Waals surface area contributed by atoms with Crippen LogP contribution in [0.5, 0.6) is 11.5 Å². The lowest BCUT2D eigenvalue weighted by molar-refractivity contribution is -0.139. The van der Waals surface area contributed by atoms with Gasteiger partial charge in [-0.1, -0.05) is 72.8 Å². The quantitative estimate of drug-likeness (QED) is 0.226. The third-order valence-corrected chi connectivity index (χ3v) is 6.05. The average Bonchev–Trinajstić information content (AvgIpc) is 2.96. The van der Waals surface area contributed by atoms with Gasteiger partial charge in [0.25, 0.3) is 5.91 Å². The molecule has 1 amide bonds. The van der Waals surface area contributed by atoms with Gasteiger partial charge in [-0.15, -0.1) is 0 Å². The summed E-state index contributed by atoms with van der Waals surface area (Å²) in [4.78, 5) is 24.6. The van der Waals surface area contributed by atoms with Crippen LogP contribution in [0.1, 0.15) is 33.5 Å². The van der Waals surface area contributed by atoms with E-state index in [9.17, 15) is 14.7 Å². The fraction of sp³-hybridized carbons (Fsp3) is 0.188. The number of nitrogens with one attached hydrogen (secondary N) is 1. The van der Waals surface area contributed by atoms with Crippen LogP contribution in [0.25, 0.3) is 0 Å². The summed E-state index contributed by atoms with van der Waals surface area (Å²) in [6, 6.07) is 33.0. The Morgan fingerprint density at radius 1 is 0.684 bits per heavy atom. The molecule has 0 spiro atoms. The minimum Gasteiger partial charge on any atom is -0.494 e. The molecule has 194 valence electrons. The summed E-state index contributed by atoms with van der Waals surface area (Å²) in [6.45, 7) is 1.02. The number of carboxylic acids is 1. The van der Waals surface area contributed by atoms with Crippen molar-refractivity contribution in [2.45, 2.75) is 31.9 Å². The Morgan fingerprint density at radius 2 is 1.26 bits per heavy atom. The molecule has 6 heteroatoms. The van der Waals surface area contributed by atoms with Crippen molar-refractivity contribution in [1.82, 2.24) is 5.32 Å². The van der Waals surface area contributed by atoms with Crippen molar-refractivity contribution in [2.24, 2.45) is 0 Å². The summed E-state index contributed by atoms with van der Waals surface area (Å²) in [5.74, 6) is -0.188. The molecule has 0 radical (unpaired) electrons. The first-order valence-electron chi connectivity index (χ1n) is 12.6. The van der Waals surface area contributed by atoms with E-state index in [-0.39, 0.29) is 6.42 Å². The van der Waals surface area contributed by atoms with E-state index in [1.165, 1.54) is 5.56 Å². The zero-order valence-electron chi connectivity index (χ0n) is 21.1. The lowest BCUT2D eigenvalue weighted by atomic mass is 10.1. The number of carboxylic acid groups (broad SMARTS) is 1. The summed E-state index contributed by atoms with van der Waals surface area (Å²) in [5, 5.41) is 12.3. The Balaban J connectivity index is 1.24. The highest BCUT2D eigenvalue weighted by atomic mass is 16.5. The number of ether oxygens (including phenoxy) is 2. The first-order chi connectivity index (χ1) is 18.6. The predicted molar refractivity (Wildman–Crippen MR) is 147 cm³/mol. The number of carbonyl (C=O) groups is 2. The van der Waals surface area contributed by atoms with Crippen LogP contribution < -0.4 is 14.8 Å². The zero-order valence-corrected chi connectivity index (χ0v) is 21.1. The lowest BCUT2D eigenvalue weighted by Crippen LogP contribution is -2.42. The molecule has 1 unspecified atom stereocenters. The average molecular weight is 510 g/mol. The molecule has 4 aromatic rings. The molecule has 0 saturated heterocycles. The molecule has 0 saturated carbocycles. The molecular formula is C32H31NO5. The number of hydrogen-bond acceptors (Lipinski definition) is 4. The molecule has 4 aromatic carbocycles. The van der Waals surface area contributed by atoms with E-state index in [1.807, 2.05) is 60.7 Å². The van der Waals surface area contributed by atoms with Crippen molar-refractivity contribution >= 4 is 11.9 Å². The highest BCUT2D eigenvalue weighted by molar-refractivity contribution is 5.96. The van der Waals surface area contributed by atoms with Crippen molar-refractivity contribution in [3.8, 4) is 11.5 Å². The number of aliphatic carboxylic acids is 1. The van der Waals surface area contributed by atoms with Crippen LogP contribution in [0, 0.1) is 0 Å². The molecule has 0 aliphatic heterocycles. The summed E-state index contributed by atoms with van der Waals surface area (Å²) in [6.07, 6.45) is 1.97. The standard InChI is InChI=1S/C32H31NO5/c34-31(27-15-19-28(20-16-27)37-21-7-12-24-8-3-1-4-9-24)33-30(32(35)36)22-25-13-17-29(18-14-25)38-23-26-10-5-2-6-11-26/h1-6,8-11,13-20,30H,7,12,21-23H2,(H,33,34)(H,35,36). The molecular weight excluding hydrogens is 478 g/mol. The van der Waals surface area contributed by atoms with Crippen molar-refractivity contribution in [2.75, 3.05) is 6.61 Å². The van der Waals surface area contributed by atoms with Crippen LogP contribution in [0.2, 0.25) is 0 Å². The van der Waals surface area contributed by atoms with Crippen LogP contribution >= 0.6 is 0 Å². The Bertz CT molecular complexity index is 1290. The Kier molecular flexibility index (Phi) is 9.51. The summed E-state index contributed by atoms with van der Waals surface area (Å²) in [5.41, 5.74) is 3.48. The Hall–Kier alpha value is -4.58. The summed E-state index contributed by atoms with van der Waals surface area (Å²) >= 11 is 0. The van der Waals surface area contributed by atoms with Gasteiger partial charge in [-0.05, 0) is 65.9 Å². The third kappa shape index (κ3) is 8.23. The first kappa shape index (κ1) is 26.5. The van der Waals surface area contributed by atoms with Gasteiger partial charge < -0.3 is 19.9 Å². The molecule has 6 nitrogen and oxygen atoms in total. The Labute approximate surface area is 222 Å². The van der Waals surface area contributed by atoms with Crippen LogP contribution in [0.3, 0.4) is 0 Å². The molecule has 38 heavy (non-hydrogen) atoms. The molecule has 0 bridgehead atoms. The maximum Gasteiger partial charge on any atom is 0.326 e. The maximum absolute atomic E-state index is 12.7. The largest absolute Gasteiger partial charge is 0.494 e. The van der Waals surface area contributed by atoms with E-state index in [2.05, 4.69) is 17.4 Å². The van der Waals surface area contributed by atoms with E-state index >= 15 is 0 Å². The number of carbonyl (C=O) groups excluding carboxylic acids is 1. The molecule has 0 aliphatic carbocycles. The number of aryl methyl sites for hydroxylation is 1. The third-order valence-electron chi connectivity index (χ3n) is 6.05. The van der Waals surface area contributed by atoms with Gasteiger partial charge in [0.05, 0.1) is 6.61 Å². The number of hydrogen-bond donors (Lipinski definition) is 2. The zero-order chi connectivity index (χ0) is 26.6.